The van der Waals surface area contributed by atoms with E-state index >= 15 is 0 Å². The Labute approximate surface area is 60.2 Å². The lowest BCUT2D eigenvalue weighted by molar-refractivity contribution is -0.117. The molecular formula is C6H13NOS. The molecule has 1 unspecified atom stereocenters. The van der Waals surface area contributed by atoms with Gasteiger partial charge in [-0.05, 0) is 19.1 Å². The largest absolute Gasteiger partial charge is 0.369 e. The first-order chi connectivity index (χ1) is 4.18. The zero-order valence-electron chi connectivity index (χ0n) is 5.89. The van der Waals surface area contributed by atoms with Gasteiger partial charge >= 0.3 is 0 Å². The molecule has 0 radical (unpaired) electrons. The Morgan fingerprint density at radius 3 is 2.67 bits per heavy atom. The molecule has 0 aromatic heterocycles. The summed E-state index contributed by atoms with van der Waals surface area (Å²) < 4.78 is 0. The molecule has 0 bridgehead atoms. The lowest BCUT2D eigenvalue weighted by Gasteiger charge is -2.03. The smallest absolute Gasteiger partial charge is 0.230 e. The molecule has 0 aliphatic rings. The lowest BCUT2D eigenvalue weighted by Crippen LogP contribution is -2.22. The first-order valence-corrected chi connectivity index (χ1v) is 4.14. The predicted molar refractivity (Wildman–Crippen MR) is 41.4 cm³/mol. The van der Waals surface area contributed by atoms with Crippen LogP contribution in [0.4, 0.5) is 0 Å². The van der Waals surface area contributed by atoms with E-state index in [1.165, 1.54) is 0 Å². The van der Waals surface area contributed by atoms with Gasteiger partial charge in [0.2, 0.25) is 5.91 Å². The lowest BCUT2D eigenvalue weighted by atomic mass is 10.5. The van der Waals surface area contributed by atoms with Crippen LogP contribution in [0, 0.1) is 0 Å². The molecule has 3 heteroatoms. The molecule has 0 aliphatic heterocycles. The Bertz CT molecular complexity index is 95.1. The van der Waals surface area contributed by atoms with Gasteiger partial charge in [-0.1, -0.05) is 6.92 Å². The Morgan fingerprint density at radius 2 is 2.33 bits per heavy atom. The van der Waals surface area contributed by atoms with Crippen molar-refractivity contribution >= 4 is 17.7 Å². The minimum atomic E-state index is -0.214. The summed E-state index contributed by atoms with van der Waals surface area (Å²) in [5.74, 6) is 0.804. The highest BCUT2D eigenvalue weighted by Crippen LogP contribution is 2.09. The van der Waals surface area contributed by atoms with Crippen LogP contribution in [0.15, 0.2) is 0 Å². The normalized spacial score (nSPS) is 13.1. The van der Waals surface area contributed by atoms with Crippen LogP contribution in [0.5, 0.6) is 0 Å². The number of rotatable bonds is 4. The van der Waals surface area contributed by atoms with E-state index < -0.39 is 0 Å². The van der Waals surface area contributed by atoms with Crippen molar-refractivity contribution in [3.05, 3.63) is 0 Å². The number of hydrogen-bond acceptors (Lipinski definition) is 2. The summed E-state index contributed by atoms with van der Waals surface area (Å²) in [6.07, 6.45) is 1.10. The fraction of sp³-hybridized carbons (Fsp3) is 0.833. The molecule has 9 heavy (non-hydrogen) atoms. The Hall–Kier alpha value is -0.180. The summed E-state index contributed by atoms with van der Waals surface area (Å²) in [6.45, 7) is 3.92. The second-order valence-corrected chi connectivity index (χ2v) is 3.36. The maximum atomic E-state index is 10.4. The van der Waals surface area contributed by atoms with E-state index in [2.05, 4.69) is 6.92 Å². The molecule has 54 valence electrons. The highest BCUT2D eigenvalue weighted by Gasteiger charge is 2.06. The van der Waals surface area contributed by atoms with Crippen molar-refractivity contribution in [2.75, 3.05) is 5.75 Å². The van der Waals surface area contributed by atoms with Crippen molar-refractivity contribution in [2.45, 2.75) is 25.5 Å². The van der Waals surface area contributed by atoms with E-state index in [-0.39, 0.29) is 11.2 Å². The minimum Gasteiger partial charge on any atom is -0.369 e. The van der Waals surface area contributed by atoms with Crippen molar-refractivity contribution < 1.29 is 4.79 Å². The molecule has 0 fully saturated rings. The van der Waals surface area contributed by atoms with Gasteiger partial charge in [0.25, 0.3) is 0 Å². The second-order valence-electron chi connectivity index (χ2n) is 1.92. The van der Waals surface area contributed by atoms with Crippen molar-refractivity contribution in [3.8, 4) is 0 Å². The summed E-state index contributed by atoms with van der Waals surface area (Å²) in [6, 6.07) is 0. The van der Waals surface area contributed by atoms with Crippen LogP contribution in [-0.4, -0.2) is 16.9 Å². The van der Waals surface area contributed by atoms with Crippen LogP contribution in [0.1, 0.15) is 20.3 Å². The molecule has 0 rings (SSSR count). The third-order valence-electron chi connectivity index (χ3n) is 0.973. The first kappa shape index (κ1) is 8.82. The molecule has 0 aliphatic carbocycles. The Kier molecular flexibility index (Phi) is 4.58. The monoisotopic (exact) mass is 147 g/mol. The van der Waals surface area contributed by atoms with Crippen molar-refractivity contribution in [1.82, 2.24) is 0 Å². The zero-order chi connectivity index (χ0) is 7.28. The third kappa shape index (κ3) is 4.33. The summed E-state index contributed by atoms with van der Waals surface area (Å²) in [7, 11) is 0. The molecule has 0 spiro atoms. The molecule has 0 saturated carbocycles. The summed E-state index contributed by atoms with van der Waals surface area (Å²) in [5, 5.41) is -0.0232. The Morgan fingerprint density at radius 1 is 1.78 bits per heavy atom. The molecule has 0 heterocycles. The number of hydrogen-bond donors (Lipinski definition) is 1. The van der Waals surface area contributed by atoms with E-state index in [0.29, 0.717) is 0 Å². The SMILES string of the molecule is CCCSC(C)C(N)=O. The van der Waals surface area contributed by atoms with Crippen LogP contribution >= 0.6 is 11.8 Å². The fourth-order valence-electron chi connectivity index (χ4n) is 0.377. The Balaban J connectivity index is 3.27. The molecule has 2 nitrogen and oxygen atoms in total. The van der Waals surface area contributed by atoms with Crippen LogP contribution in [0.3, 0.4) is 0 Å². The van der Waals surface area contributed by atoms with E-state index in [9.17, 15) is 4.79 Å². The number of carbonyl (C=O) groups excluding carboxylic acids is 1. The topological polar surface area (TPSA) is 43.1 Å². The second kappa shape index (κ2) is 4.68. The van der Waals surface area contributed by atoms with Gasteiger partial charge in [-0.15, -0.1) is 11.8 Å². The number of carbonyl (C=O) groups is 1. The van der Waals surface area contributed by atoms with Crippen molar-refractivity contribution in [3.63, 3.8) is 0 Å². The van der Waals surface area contributed by atoms with Gasteiger partial charge < -0.3 is 5.73 Å². The van der Waals surface area contributed by atoms with E-state index in [1.54, 1.807) is 11.8 Å². The van der Waals surface area contributed by atoms with Gasteiger partial charge in [0.1, 0.15) is 0 Å². The highest BCUT2D eigenvalue weighted by molar-refractivity contribution is 8.00. The van der Waals surface area contributed by atoms with Crippen molar-refractivity contribution in [1.29, 1.82) is 0 Å². The van der Waals surface area contributed by atoms with E-state index in [0.717, 1.165) is 12.2 Å². The summed E-state index contributed by atoms with van der Waals surface area (Å²) >= 11 is 1.61. The number of thioether (sulfide) groups is 1. The van der Waals surface area contributed by atoms with Crippen LogP contribution < -0.4 is 5.73 Å². The van der Waals surface area contributed by atoms with Crippen LogP contribution in [-0.2, 0) is 4.79 Å². The van der Waals surface area contributed by atoms with Gasteiger partial charge in [0.15, 0.2) is 0 Å². The van der Waals surface area contributed by atoms with Crippen LogP contribution in [0.25, 0.3) is 0 Å². The van der Waals surface area contributed by atoms with Gasteiger partial charge in [-0.3, -0.25) is 4.79 Å². The molecule has 0 aromatic rings. The molecule has 1 atom stereocenters. The minimum absolute atomic E-state index is 0.0232. The molecule has 2 N–H and O–H groups in total. The first-order valence-electron chi connectivity index (χ1n) is 3.09. The van der Waals surface area contributed by atoms with Gasteiger partial charge in [-0.2, -0.15) is 0 Å². The quantitative estimate of drug-likeness (QED) is 0.644. The maximum Gasteiger partial charge on any atom is 0.230 e. The highest BCUT2D eigenvalue weighted by atomic mass is 32.2. The summed E-state index contributed by atoms with van der Waals surface area (Å²) in [5.41, 5.74) is 5.02. The van der Waals surface area contributed by atoms with Crippen LogP contribution in [0.2, 0.25) is 0 Å². The average molecular weight is 147 g/mol. The van der Waals surface area contributed by atoms with Gasteiger partial charge in [0, 0.05) is 0 Å². The van der Waals surface area contributed by atoms with E-state index in [1.807, 2.05) is 6.92 Å². The summed E-state index contributed by atoms with van der Waals surface area (Å²) in [4.78, 5) is 10.4. The predicted octanol–water partition coefficient (Wildman–Crippen LogP) is 1.00. The standard InChI is InChI=1S/C6H13NOS/c1-3-4-9-5(2)6(7)8/h5H,3-4H2,1-2H3,(H2,7,8). The van der Waals surface area contributed by atoms with Gasteiger partial charge in [0.05, 0.1) is 5.25 Å². The maximum absolute atomic E-state index is 10.4. The van der Waals surface area contributed by atoms with Gasteiger partial charge in [-0.25, -0.2) is 0 Å². The van der Waals surface area contributed by atoms with Crippen molar-refractivity contribution in [2.24, 2.45) is 5.73 Å². The average Bonchev–Trinajstić information content (AvgIpc) is 1.82. The molecule has 1 amide bonds. The molecule has 0 aromatic carbocycles. The van der Waals surface area contributed by atoms with E-state index in [4.69, 9.17) is 5.73 Å². The fourth-order valence-corrected chi connectivity index (χ4v) is 1.13. The number of primary amides is 1. The number of nitrogens with two attached hydrogens (primary N) is 1. The number of amides is 1. The molecule has 0 saturated heterocycles. The zero-order valence-corrected chi connectivity index (χ0v) is 6.70. The molecular weight excluding hydrogens is 134 g/mol. The third-order valence-corrected chi connectivity index (χ3v) is 2.35.